The second kappa shape index (κ2) is 9.86. The number of pyridine rings is 1. The molecule has 7 nitrogen and oxygen atoms in total. The Morgan fingerprint density at radius 2 is 1.67 bits per heavy atom. The number of aromatic nitrogens is 1. The largest absolute Gasteiger partial charge is 0.481 e. The standard InChI is InChI=1S/C21H18F4N4O3S/c22-18-11-17(5-6-19(18)32-13-21(23,24)25)33(30,31)16-3-1-14(2-4-16)12-28-20(26)29-15-7-9-27-10-8-15/h1-11H,12-13H2,(H3,26,27,28,29). The molecule has 3 N–H and O–H groups in total. The zero-order valence-electron chi connectivity index (χ0n) is 16.9. The van der Waals surface area contributed by atoms with E-state index < -0.39 is 39.1 Å². The third kappa shape index (κ3) is 6.65. The number of rotatable bonds is 7. The summed E-state index contributed by atoms with van der Waals surface area (Å²) in [6.45, 7) is -1.52. The van der Waals surface area contributed by atoms with Crippen molar-refractivity contribution >= 4 is 21.5 Å². The Labute approximate surface area is 186 Å². The van der Waals surface area contributed by atoms with Crippen molar-refractivity contribution in [3.63, 3.8) is 0 Å². The van der Waals surface area contributed by atoms with Gasteiger partial charge in [0.15, 0.2) is 24.1 Å². The number of benzene rings is 2. The lowest BCUT2D eigenvalue weighted by atomic mass is 10.2. The monoisotopic (exact) mass is 482 g/mol. The highest BCUT2D eigenvalue weighted by atomic mass is 32.2. The van der Waals surface area contributed by atoms with Gasteiger partial charge in [0.2, 0.25) is 9.84 Å². The van der Waals surface area contributed by atoms with Crippen LogP contribution in [0.5, 0.6) is 5.75 Å². The van der Waals surface area contributed by atoms with Crippen molar-refractivity contribution in [3.05, 3.63) is 78.4 Å². The molecule has 0 bridgehead atoms. The number of hydrogen-bond donors (Lipinski definition) is 2. The van der Waals surface area contributed by atoms with Gasteiger partial charge in [0, 0.05) is 18.1 Å². The van der Waals surface area contributed by atoms with E-state index >= 15 is 0 Å². The molecule has 0 radical (unpaired) electrons. The van der Waals surface area contributed by atoms with Crippen LogP contribution in [0.25, 0.3) is 0 Å². The van der Waals surface area contributed by atoms with Gasteiger partial charge < -0.3 is 15.8 Å². The number of halogens is 4. The minimum atomic E-state index is -4.65. The maximum atomic E-state index is 14.1. The first-order chi connectivity index (χ1) is 15.5. The fourth-order valence-electron chi connectivity index (χ4n) is 2.63. The van der Waals surface area contributed by atoms with Crippen LogP contribution < -0.4 is 15.8 Å². The molecule has 0 saturated heterocycles. The quantitative estimate of drug-likeness (QED) is 0.300. The van der Waals surface area contributed by atoms with Gasteiger partial charge in [0.25, 0.3) is 0 Å². The van der Waals surface area contributed by atoms with Crippen molar-refractivity contribution < 1.29 is 30.7 Å². The number of alkyl halides is 3. The van der Waals surface area contributed by atoms with Crippen molar-refractivity contribution in [3.8, 4) is 5.75 Å². The summed E-state index contributed by atoms with van der Waals surface area (Å²) in [5.41, 5.74) is 7.18. The second-order valence-electron chi connectivity index (χ2n) is 6.71. The van der Waals surface area contributed by atoms with Crippen molar-refractivity contribution in [1.29, 1.82) is 0 Å². The summed E-state index contributed by atoms with van der Waals surface area (Å²) >= 11 is 0. The van der Waals surface area contributed by atoms with Crippen LogP contribution in [0.1, 0.15) is 5.56 Å². The molecule has 0 unspecified atom stereocenters. The summed E-state index contributed by atoms with van der Waals surface area (Å²) in [6, 6.07) is 11.5. The van der Waals surface area contributed by atoms with Crippen molar-refractivity contribution in [2.75, 3.05) is 11.9 Å². The molecular formula is C21H18F4N4O3S. The van der Waals surface area contributed by atoms with Gasteiger partial charge in [-0.25, -0.2) is 17.8 Å². The maximum Gasteiger partial charge on any atom is 0.422 e. The molecular weight excluding hydrogens is 464 g/mol. The SMILES string of the molecule is NC(=NCc1ccc(S(=O)(=O)c2ccc(OCC(F)(F)F)c(F)c2)cc1)Nc1ccncc1. The van der Waals surface area contributed by atoms with Crippen LogP contribution in [0.2, 0.25) is 0 Å². The van der Waals surface area contributed by atoms with E-state index in [1.165, 1.54) is 24.3 Å². The predicted molar refractivity (Wildman–Crippen MR) is 113 cm³/mol. The number of guanidine groups is 1. The van der Waals surface area contributed by atoms with Crippen LogP contribution in [0, 0.1) is 5.82 Å². The summed E-state index contributed by atoms with van der Waals surface area (Å²) in [4.78, 5) is 7.51. The minimum absolute atomic E-state index is 0.124. The Bertz CT molecular complexity index is 1230. The summed E-state index contributed by atoms with van der Waals surface area (Å²) in [5, 5.41) is 2.88. The third-order valence-electron chi connectivity index (χ3n) is 4.22. The summed E-state index contributed by atoms with van der Waals surface area (Å²) in [5.74, 6) is -1.76. The molecule has 0 spiro atoms. The minimum Gasteiger partial charge on any atom is -0.481 e. The number of nitrogens with one attached hydrogen (secondary N) is 1. The lowest BCUT2D eigenvalue weighted by Crippen LogP contribution is -2.22. The first kappa shape index (κ1) is 24.0. The maximum absolute atomic E-state index is 14.1. The second-order valence-corrected chi connectivity index (χ2v) is 8.66. The smallest absolute Gasteiger partial charge is 0.422 e. The molecule has 0 aliphatic heterocycles. The molecule has 0 saturated carbocycles. The van der Waals surface area contributed by atoms with Crippen LogP contribution >= 0.6 is 0 Å². The molecule has 3 rings (SSSR count). The van der Waals surface area contributed by atoms with Crippen LogP contribution in [0.15, 0.2) is 81.8 Å². The van der Waals surface area contributed by atoms with Gasteiger partial charge in [0.05, 0.1) is 16.3 Å². The Morgan fingerprint density at radius 1 is 1.03 bits per heavy atom. The number of anilines is 1. The highest BCUT2D eigenvalue weighted by molar-refractivity contribution is 7.91. The molecule has 2 aromatic carbocycles. The van der Waals surface area contributed by atoms with E-state index in [-0.39, 0.29) is 17.4 Å². The number of nitrogens with zero attached hydrogens (tertiary/aromatic N) is 2. The fraction of sp³-hybridized carbons (Fsp3) is 0.143. The van der Waals surface area contributed by atoms with Gasteiger partial charge in [-0.3, -0.25) is 4.98 Å². The predicted octanol–water partition coefficient (Wildman–Crippen LogP) is 3.92. The molecule has 0 atom stereocenters. The van der Waals surface area contributed by atoms with Crippen LogP contribution in [0.4, 0.5) is 23.2 Å². The molecule has 0 aliphatic carbocycles. The first-order valence-electron chi connectivity index (χ1n) is 9.35. The average Bonchev–Trinajstić information content (AvgIpc) is 2.77. The van der Waals surface area contributed by atoms with E-state index in [9.17, 15) is 26.0 Å². The van der Waals surface area contributed by atoms with E-state index in [1.54, 1.807) is 24.5 Å². The molecule has 12 heteroatoms. The Kier molecular flexibility index (Phi) is 7.16. The van der Waals surface area contributed by atoms with Gasteiger partial charge in [-0.2, -0.15) is 13.2 Å². The Morgan fingerprint density at radius 3 is 2.27 bits per heavy atom. The van der Waals surface area contributed by atoms with E-state index in [2.05, 4.69) is 20.0 Å². The topological polar surface area (TPSA) is 107 Å². The van der Waals surface area contributed by atoms with E-state index in [0.717, 1.165) is 12.1 Å². The van der Waals surface area contributed by atoms with Gasteiger partial charge in [0.1, 0.15) is 0 Å². The van der Waals surface area contributed by atoms with Crippen molar-refractivity contribution in [1.82, 2.24) is 4.98 Å². The molecule has 0 fully saturated rings. The van der Waals surface area contributed by atoms with E-state index in [1.807, 2.05) is 0 Å². The highest BCUT2D eigenvalue weighted by Crippen LogP contribution is 2.27. The number of aliphatic imine (C=N–C) groups is 1. The van der Waals surface area contributed by atoms with Crippen molar-refractivity contribution in [2.45, 2.75) is 22.5 Å². The number of nitrogens with two attached hydrogens (primary N) is 1. The lowest BCUT2D eigenvalue weighted by Gasteiger charge is -2.11. The zero-order valence-corrected chi connectivity index (χ0v) is 17.7. The molecule has 0 aliphatic rings. The first-order valence-corrected chi connectivity index (χ1v) is 10.8. The summed E-state index contributed by atoms with van der Waals surface area (Å²) in [7, 11) is -4.11. The number of hydrogen-bond acceptors (Lipinski definition) is 5. The van der Waals surface area contributed by atoms with E-state index in [0.29, 0.717) is 17.3 Å². The average molecular weight is 482 g/mol. The number of sulfone groups is 1. The van der Waals surface area contributed by atoms with E-state index in [4.69, 9.17) is 5.73 Å². The van der Waals surface area contributed by atoms with Gasteiger partial charge in [-0.1, -0.05) is 12.1 Å². The Balaban J connectivity index is 1.69. The fourth-order valence-corrected chi connectivity index (χ4v) is 3.91. The summed E-state index contributed by atoms with van der Waals surface area (Å²) in [6.07, 6.45) is -1.48. The summed E-state index contributed by atoms with van der Waals surface area (Å²) < 4.78 is 80.6. The van der Waals surface area contributed by atoms with Crippen LogP contribution in [-0.2, 0) is 16.4 Å². The molecule has 174 valence electrons. The molecule has 3 aromatic rings. The van der Waals surface area contributed by atoms with Crippen LogP contribution in [-0.4, -0.2) is 32.1 Å². The molecule has 1 heterocycles. The lowest BCUT2D eigenvalue weighted by molar-refractivity contribution is -0.153. The third-order valence-corrected chi connectivity index (χ3v) is 5.99. The number of ether oxygens (including phenoxy) is 1. The Hall–Kier alpha value is -3.67. The molecule has 33 heavy (non-hydrogen) atoms. The zero-order chi connectivity index (χ0) is 24.1. The highest BCUT2D eigenvalue weighted by Gasteiger charge is 2.29. The van der Waals surface area contributed by atoms with Gasteiger partial charge >= 0.3 is 6.18 Å². The normalized spacial score (nSPS) is 12.4. The molecule has 0 amide bonds. The van der Waals surface area contributed by atoms with Crippen LogP contribution in [0.3, 0.4) is 0 Å². The van der Waals surface area contributed by atoms with Gasteiger partial charge in [-0.15, -0.1) is 0 Å². The van der Waals surface area contributed by atoms with Gasteiger partial charge in [-0.05, 0) is 48.0 Å². The van der Waals surface area contributed by atoms with Crippen molar-refractivity contribution in [2.24, 2.45) is 10.7 Å². The molecule has 1 aromatic heterocycles.